The Balaban J connectivity index is 2.31. The minimum atomic E-state index is 0.155. The molecule has 0 radical (unpaired) electrons. The van der Waals surface area contributed by atoms with Crippen molar-refractivity contribution in [2.45, 2.75) is 4.43 Å². The van der Waals surface area contributed by atoms with Gasteiger partial charge in [-0.2, -0.15) is 5.10 Å². The molecule has 0 unspecified atom stereocenters. The summed E-state index contributed by atoms with van der Waals surface area (Å²) in [6.45, 7) is 0. The number of hydrogen-bond donors (Lipinski definition) is 2. The number of nitrogens with zero attached hydrogens (tertiary/aromatic N) is 3. The van der Waals surface area contributed by atoms with Gasteiger partial charge < -0.3 is 5.11 Å². The normalized spacial score (nSPS) is 10.9. The van der Waals surface area contributed by atoms with E-state index in [1.807, 2.05) is 30.3 Å². The topological polar surface area (TPSA) is 74.7 Å². The molecule has 2 aromatic heterocycles. The lowest BCUT2D eigenvalue weighted by Crippen LogP contribution is -1.91. The molecule has 0 aliphatic carbocycles. The van der Waals surface area contributed by atoms with Crippen LogP contribution in [0.1, 0.15) is 5.69 Å². The second kappa shape index (κ2) is 4.52. The zero-order valence-corrected chi connectivity index (χ0v) is 11.4. The Morgan fingerprint density at radius 2 is 1.94 bits per heavy atom. The number of aromatic hydroxyl groups is 1. The Labute approximate surface area is 116 Å². The molecule has 3 rings (SSSR count). The molecule has 0 aliphatic rings. The van der Waals surface area contributed by atoms with Crippen LogP contribution in [0, 0.1) is 0 Å². The highest BCUT2D eigenvalue weighted by Crippen LogP contribution is 2.33. The van der Waals surface area contributed by atoms with E-state index in [1.165, 1.54) is 0 Å². The SMILES string of the molecule is Oc1c(CI)nnc2n[nH]c(-c3ccccc3)c12. The lowest BCUT2D eigenvalue weighted by molar-refractivity contribution is 0.472. The summed E-state index contributed by atoms with van der Waals surface area (Å²) in [6, 6.07) is 9.73. The average Bonchev–Trinajstić information content (AvgIpc) is 2.85. The van der Waals surface area contributed by atoms with Crippen LogP contribution in [0.3, 0.4) is 0 Å². The standard InChI is InChI=1S/C12H9IN4O/c13-6-8-11(18)9-10(7-4-2-1-3-5-7)15-17-12(9)16-14-8/h1-5H,6H2,(H2,15,16,17,18). The Bertz CT molecular complexity index is 696. The van der Waals surface area contributed by atoms with E-state index in [0.717, 1.165) is 11.3 Å². The highest BCUT2D eigenvalue weighted by atomic mass is 127. The fourth-order valence-electron chi connectivity index (χ4n) is 1.83. The smallest absolute Gasteiger partial charge is 0.207 e. The van der Waals surface area contributed by atoms with Crippen LogP contribution < -0.4 is 0 Å². The molecule has 0 fully saturated rings. The molecule has 6 heteroatoms. The van der Waals surface area contributed by atoms with E-state index in [9.17, 15) is 5.11 Å². The van der Waals surface area contributed by atoms with Gasteiger partial charge in [-0.15, -0.1) is 10.2 Å². The van der Waals surface area contributed by atoms with Crippen molar-refractivity contribution >= 4 is 33.6 Å². The summed E-state index contributed by atoms with van der Waals surface area (Å²) >= 11 is 2.14. The van der Waals surface area contributed by atoms with Gasteiger partial charge in [-0.1, -0.05) is 52.9 Å². The van der Waals surface area contributed by atoms with Gasteiger partial charge >= 0.3 is 0 Å². The maximum atomic E-state index is 10.2. The molecule has 90 valence electrons. The lowest BCUT2D eigenvalue weighted by atomic mass is 10.1. The monoisotopic (exact) mass is 352 g/mol. The van der Waals surface area contributed by atoms with Crippen molar-refractivity contribution in [2.24, 2.45) is 0 Å². The number of aromatic amines is 1. The van der Waals surface area contributed by atoms with Gasteiger partial charge in [0.15, 0.2) is 5.75 Å². The third-order valence-electron chi connectivity index (χ3n) is 2.71. The van der Waals surface area contributed by atoms with E-state index in [-0.39, 0.29) is 5.75 Å². The molecule has 0 bridgehead atoms. The van der Waals surface area contributed by atoms with Crippen molar-refractivity contribution < 1.29 is 5.11 Å². The van der Waals surface area contributed by atoms with Crippen LogP contribution in [0.4, 0.5) is 0 Å². The molecule has 0 saturated carbocycles. The first-order valence-electron chi connectivity index (χ1n) is 5.35. The number of rotatable bonds is 2. The molecule has 2 N–H and O–H groups in total. The zero-order chi connectivity index (χ0) is 12.5. The van der Waals surface area contributed by atoms with Crippen LogP contribution in [0.5, 0.6) is 5.75 Å². The Hall–Kier alpha value is -1.70. The largest absolute Gasteiger partial charge is 0.505 e. The second-order valence-electron chi connectivity index (χ2n) is 3.79. The van der Waals surface area contributed by atoms with Gasteiger partial charge in [0.1, 0.15) is 5.69 Å². The van der Waals surface area contributed by atoms with Crippen LogP contribution in [0.25, 0.3) is 22.3 Å². The summed E-state index contributed by atoms with van der Waals surface area (Å²) in [5.74, 6) is 0.155. The summed E-state index contributed by atoms with van der Waals surface area (Å²) < 4.78 is 0.603. The first kappa shape index (κ1) is 11.4. The molecule has 18 heavy (non-hydrogen) atoms. The number of aromatic nitrogens is 4. The first-order chi connectivity index (χ1) is 8.81. The van der Waals surface area contributed by atoms with Gasteiger partial charge in [0, 0.05) is 9.99 Å². The van der Waals surface area contributed by atoms with Crippen LogP contribution in [0.15, 0.2) is 30.3 Å². The lowest BCUT2D eigenvalue weighted by Gasteiger charge is -2.02. The Morgan fingerprint density at radius 1 is 1.17 bits per heavy atom. The third-order valence-corrected chi connectivity index (χ3v) is 3.43. The van der Waals surface area contributed by atoms with Crippen molar-refractivity contribution in [2.75, 3.05) is 0 Å². The van der Waals surface area contributed by atoms with Crippen molar-refractivity contribution in [1.29, 1.82) is 0 Å². The minimum Gasteiger partial charge on any atom is -0.505 e. The molecule has 1 aromatic carbocycles. The molecule has 5 nitrogen and oxygen atoms in total. The van der Waals surface area contributed by atoms with Gasteiger partial charge in [-0.25, -0.2) is 0 Å². The summed E-state index contributed by atoms with van der Waals surface area (Å²) in [5, 5.41) is 25.8. The van der Waals surface area contributed by atoms with Gasteiger partial charge in [0.05, 0.1) is 11.1 Å². The maximum Gasteiger partial charge on any atom is 0.207 e. The fraction of sp³-hybridized carbons (Fsp3) is 0.0833. The molecule has 0 amide bonds. The summed E-state index contributed by atoms with van der Waals surface area (Å²) in [6.07, 6.45) is 0. The number of nitrogens with one attached hydrogen (secondary N) is 1. The van der Waals surface area contributed by atoms with Gasteiger partial charge in [-0.05, 0) is 0 Å². The number of hydrogen-bond acceptors (Lipinski definition) is 4. The number of alkyl halides is 1. The highest BCUT2D eigenvalue weighted by Gasteiger charge is 2.16. The van der Waals surface area contributed by atoms with E-state index < -0.39 is 0 Å². The van der Waals surface area contributed by atoms with Crippen molar-refractivity contribution in [3.63, 3.8) is 0 Å². The van der Waals surface area contributed by atoms with Gasteiger partial charge in [0.2, 0.25) is 5.65 Å². The van der Waals surface area contributed by atoms with E-state index in [4.69, 9.17) is 0 Å². The molecular weight excluding hydrogens is 343 g/mol. The molecule has 2 heterocycles. The Kier molecular flexibility index (Phi) is 2.86. The number of halogens is 1. The van der Waals surface area contributed by atoms with E-state index in [0.29, 0.717) is 21.2 Å². The zero-order valence-electron chi connectivity index (χ0n) is 9.26. The second-order valence-corrected chi connectivity index (χ2v) is 4.55. The predicted molar refractivity (Wildman–Crippen MR) is 76.5 cm³/mol. The number of H-pyrrole nitrogens is 1. The van der Waals surface area contributed by atoms with E-state index >= 15 is 0 Å². The average molecular weight is 352 g/mol. The Morgan fingerprint density at radius 3 is 2.67 bits per heavy atom. The van der Waals surface area contributed by atoms with Crippen LogP contribution >= 0.6 is 22.6 Å². The predicted octanol–water partition coefficient (Wildman–Crippen LogP) is 2.66. The molecule has 0 spiro atoms. The van der Waals surface area contributed by atoms with E-state index in [2.05, 4.69) is 43.0 Å². The maximum absolute atomic E-state index is 10.2. The molecule has 0 atom stereocenters. The van der Waals surface area contributed by atoms with Crippen molar-refractivity contribution in [1.82, 2.24) is 20.4 Å². The van der Waals surface area contributed by atoms with Crippen LogP contribution in [-0.2, 0) is 4.43 Å². The van der Waals surface area contributed by atoms with Crippen molar-refractivity contribution in [3.05, 3.63) is 36.0 Å². The van der Waals surface area contributed by atoms with E-state index in [1.54, 1.807) is 0 Å². The summed E-state index contributed by atoms with van der Waals surface area (Å²) in [5.41, 5.74) is 2.73. The number of fused-ring (bicyclic) bond motifs is 1. The van der Waals surface area contributed by atoms with Crippen LogP contribution in [-0.4, -0.2) is 25.5 Å². The quantitative estimate of drug-likeness (QED) is 0.549. The summed E-state index contributed by atoms with van der Waals surface area (Å²) in [7, 11) is 0. The molecule has 0 aliphatic heterocycles. The van der Waals surface area contributed by atoms with Crippen molar-refractivity contribution in [3.8, 4) is 17.0 Å². The molecular formula is C12H9IN4O. The summed E-state index contributed by atoms with van der Waals surface area (Å²) in [4.78, 5) is 0. The van der Waals surface area contributed by atoms with Gasteiger partial charge in [-0.3, -0.25) is 5.10 Å². The highest BCUT2D eigenvalue weighted by molar-refractivity contribution is 14.1. The minimum absolute atomic E-state index is 0.155. The third kappa shape index (κ3) is 1.72. The van der Waals surface area contributed by atoms with Crippen LogP contribution in [0.2, 0.25) is 0 Å². The van der Waals surface area contributed by atoms with Gasteiger partial charge in [0.25, 0.3) is 0 Å². The first-order valence-corrected chi connectivity index (χ1v) is 6.88. The fourth-order valence-corrected chi connectivity index (χ4v) is 2.35. The molecule has 3 aromatic rings. The molecule has 0 saturated heterocycles. The number of benzene rings is 1.